The van der Waals surface area contributed by atoms with Gasteiger partial charge in [-0.25, -0.2) is 0 Å². The first kappa shape index (κ1) is 18.3. The average Bonchev–Trinajstić information content (AvgIpc) is 3.24. The number of benzene rings is 1. The summed E-state index contributed by atoms with van der Waals surface area (Å²) >= 11 is 0. The molecule has 2 N–H and O–H groups in total. The fourth-order valence-corrected chi connectivity index (χ4v) is 3.92. The molecule has 3 rings (SSSR count). The van der Waals surface area contributed by atoms with Crippen LogP contribution in [-0.2, 0) is 9.59 Å². The SMILES string of the molecule is CCCCOc1ccc(OC)cc1NC(=O)[C@@H]1[C@H](C(=O)O)[C@H]2C=C[C@H]1C2. The number of fused-ring (bicyclic) bond motifs is 2. The van der Waals surface area contributed by atoms with Crippen LogP contribution in [0.2, 0.25) is 0 Å². The summed E-state index contributed by atoms with van der Waals surface area (Å²) in [4.78, 5) is 24.5. The summed E-state index contributed by atoms with van der Waals surface area (Å²) in [6.45, 7) is 2.63. The van der Waals surface area contributed by atoms with Crippen LogP contribution in [0.5, 0.6) is 11.5 Å². The third kappa shape index (κ3) is 3.54. The zero-order chi connectivity index (χ0) is 18.7. The third-order valence-electron chi connectivity index (χ3n) is 5.25. The van der Waals surface area contributed by atoms with Crippen LogP contribution in [0.15, 0.2) is 30.4 Å². The fourth-order valence-electron chi connectivity index (χ4n) is 3.92. The molecule has 1 aromatic rings. The van der Waals surface area contributed by atoms with Gasteiger partial charge in [-0.2, -0.15) is 0 Å². The summed E-state index contributed by atoms with van der Waals surface area (Å²) < 4.78 is 11.0. The zero-order valence-electron chi connectivity index (χ0n) is 15.1. The molecule has 6 nitrogen and oxygen atoms in total. The van der Waals surface area contributed by atoms with Crippen molar-refractivity contribution >= 4 is 17.6 Å². The number of methoxy groups -OCH3 is 1. The Morgan fingerprint density at radius 2 is 1.96 bits per heavy atom. The lowest BCUT2D eigenvalue weighted by molar-refractivity contribution is -0.146. The Labute approximate surface area is 153 Å². The predicted octanol–water partition coefficient (Wildman–Crippen LogP) is 3.34. The number of ether oxygens (including phenoxy) is 2. The molecule has 1 amide bonds. The number of allylic oxidation sites excluding steroid dienone is 2. The lowest BCUT2D eigenvalue weighted by Gasteiger charge is -2.24. The highest BCUT2D eigenvalue weighted by Gasteiger charge is 2.51. The van der Waals surface area contributed by atoms with E-state index in [-0.39, 0.29) is 17.7 Å². The molecule has 0 unspecified atom stereocenters. The van der Waals surface area contributed by atoms with E-state index < -0.39 is 17.8 Å². The first-order chi connectivity index (χ1) is 12.5. The van der Waals surface area contributed by atoms with Gasteiger partial charge < -0.3 is 19.9 Å². The van der Waals surface area contributed by atoms with E-state index in [0.29, 0.717) is 23.8 Å². The van der Waals surface area contributed by atoms with E-state index in [9.17, 15) is 14.7 Å². The molecule has 0 saturated heterocycles. The smallest absolute Gasteiger partial charge is 0.307 e. The molecule has 6 heteroatoms. The highest BCUT2D eigenvalue weighted by atomic mass is 16.5. The second-order valence-corrected chi connectivity index (χ2v) is 6.89. The largest absolute Gasteiger partial charge is 0.497 e. The van der Waals surface area contributed by atoms with Gasteiger partial charge in [-0.3, -0.25) is 9.59 Å². The summed E-state index contributed by atoms with van der Waals surface area (Å²) in [6, 6.07) is 5.24. The Kier molecular flexibility index (Phi) is 5.49. The van der Waals surface area contributed by atoms with E-state index in [2.05, 4.69) is 12.2 Å². The first-order valence-electron chi connectivity index (χ1n) is 9.08. The van der Waals surface area contributed by atoms with Crippen molar-refractivity contribution in [2.45, 2.75) is 26.2 Å². The predicted molar refractivity (Wildman–Crippen MR) is 97.4 cm³/mol. The van der Waals surface area contributed by atoms with Crippen molar-refractivity contribution in [1.82, 2.24) is 0 Å². The molecule has 0 aliphatic heterocycles. The van der Waals surface area contributed by atoms with Crippen molar-refractivity contribution in [2.75, 3.05) is 19.0 Å². The highest BCUT2D eigenvalue weighted by Crippen LogP contribution is 2.48. The first-order valence-corrected chi connectivity index (χ1v) is 9.08. The van der Waals surface area contributed by atoms with Crippen LogP contribution in [0.4, 0.5) is 5.69 Å². The molecule has 26 heavy (non-hydrogen) atoms. The minimum atomic E-state index is -0.910. The van der Waals surface area contributed by atoms with Gasteiger partial charge >= 0.3 is 5.97 Å². The fraction of sp³-hybridized carbons (Fsp3) is 0.500. The lowest BCUT2D eigenvalue weighted by Crippen LogP contribution is -2.36. The summed E-state index contributed by atoms with van der Waals surface area (Å²) in [7, 11) is 1.56. The number of carboxylic acids is 1. The Morgan fingerprint density at radius 3 is 2.62 bits per heavy atom. The van der Waals surface area contributed by atoms with Crippen molar-refractivity contribution < 1.29 is 24.2 Å². The minimum Gasteiger partial charge on any atom is -0.497 e. The molecule has 0 spiro atoms. The molecule has 1 saturated carbocycles. The Balaban J connectivity index is 1.79. The zero-order valence-corrected chi connectivity index (χ0v) is 15.1. The number of carbonyl (C=O) groups excluding carboxylic acids is 1. The Bertz CT molecular complexity index is 714. The quantitative estimate of drug-likeness (QED) is 0.549. The van der Waals surface area contributed by atoms with Crippen LogP contribution < -0.4 is 14.8 Å². The Hall–Kier alpha value is -2.50. The molecule has 0 radical (unpaired) electrons. The minimum absolute atomic E-state index is 0.0174. The van der Waals surface area contributed by atoms with Gasteiger partial charge in [-0.1, -0.05) is 25.5 Å². The van der Waals surface area contributed by atoms with Crippen molar-refractivity contribution in [1.29, 1.82) is 0 Å². The van der Waals surface area contributed by atoms with E-state index in [1.165, 1.54) is 0 Å². The summed E-state index contributed by atoms with van der Waals surface area (Å²) in [5.41, 5.74) is 0.515. The molecule has 140 valence electrons. The van der Waals surface area contributed by atoms with Gasteiger partial charge in [-0.05, 0) is 36.8 Å². The van der Waals surface area contributed by atoms with E-state index in [1.807, 2.05) is 12.2 Å². The number of aliphatic carboxylic acids is 1. The summed E-state index contributed by atoms with van der Waals surface area (Å²) in [6.07, 6.45) is 6.55. The van der Waals surface area contributed by atoms with Gasteiger partial charge in [0.05, 0.1) is 31.2 Å². The van der Waals surface area contributed by atoms with Gasteiger partial charge in [0.1, 0.15) is 11.5 Å². The number of nitrogens with one attached hydrogen (secondary N) is 1. The number of anilines is 1. The maximum Gasteiger partial charge on any atom is 0.307 e. The average molecular weight is 359 g/mol. The molecular weight excluding hydrogens is 334 g/mol. The van der Waals surface area contributed by atoms with Crippen LogP contribution in [0.3, 0.4) is 0 Å². The second-order valence-electron chi connectivity index (χ2n) is 6.89. The van der Waals surface area contributed by atoms with Crippen LogP contribution in [-0.4, -0.2) is 30.7 Å². The van der Waals surface area contributed by atoms with E-state index in [4.69, 9.17) is 9.47 Å². The second kappa shape index (κ2) is 7.81. The van der Waals surface area contributed by atoms with Gasteiger partial charge in [0.25, 0.3) is 0 Å². The molecule has 2 bridgehead atoms. The van der Waals surface area contributed by atoms with Gasteiger partial charge in [-0.15, -0.1) is 0 Å². The number of carboxylic acid groups (broad SMARTS) is 1. The number of amides is 1. The van der Waals surface area contributed by atoms with Crippen LogP contribution in [0.1, 0.15) is 26.2 Å². The molecule has 2 aliphatic rings. The molecule has 1 aromatic carbocycles. The molecule has 0 aromatic heterocycles. The number of hydrogen-bond acceptors (Lipinski definition) is 4. The molecule has 1 fully saturated rings. The number of rotatable bonds is 8. The van der Waals surface area contributed by atoms with Crippen molar-refractivity contribution in [3.05, 3.63) is 30.4 Å². The number of hydrogen-bond donors (Lipinski definition) is 2. The molecule has 2 aliphatic carbocycles. The normalized spacial score (nSPS) is 25.9. The van der Waals surface area contributed by atoms with E-state index >= 15 is 0 Å². The van der Waals surface area contributed by atoms with Crippen molar-refractivity contribution in [3.8, 4) is 11.5 Å². The maximum atomic E-state index is 12.9. The summed E-state index contributed by atoms with van der Waals surface area (Å²) in [5, 5.41) is 12.4. The molecule has 4 atom stereocenters. The monoisotopic (exact) mass is 359 g/mol. The van der Waals surface area contributed by atoms with Gasteiger partial charge in [0.15, 0.2) is 0 Å². The number of unbranched alkanes of at least 4 members (excludes halogenated alkanes) is 1. The summed E-state index contributed by atoms with van der Waals surface area (Å²) in [5.74, 6) is -1.31. The maximum absolute atomic E-state index is 12.9. The van der Waals surface area contributed by atoms with Crippen LogP contribution in [0, 0.1) is 23.7 Å². The highest BCUT2D eigenvalue weighted by molar-refractivity contribution is 5.97. The lowest BCUT2D eigenvalue weighted by atomic mass is 9.82. The van der Waals surface area contributed by atoms with E-state index in [0.717, 1.165) is 19.3 Å². The van der Waals surface area contributed by atoms with Crippen molar-refractivity contribution in [2.24, 2.45) is 23.7 Å². The van der Waals surface area contributed by atoms with Gasteiger partial charge in [0.2, 0.25) is 5.91 Å². The van der Waals surface area contributed by atoms with Crippen LogP contribution in [0.25, 0.3) is 0 Å². The Morgan fingerprint density at radius 1 is 1.23 bits per heavy atom. The topological polar surface area (TPSA) is 84.9 Å². The third-order valence-corrected chi connectivity index (χ3v) is 5.25. The van der Waals surface area contributed by atoms with Gasteiger partial charge in [0, 0.05) is 6.07 Å². The van der Waals surface area contributed by atoms with Crippen molar-refractivity contribution in [3.63, 3.8) is 0 Å². The molecule has 0 heterocycles. The molecular formula is C20H25NO5. The van der Waals surface area contributed by atoms with Crippen LogP contribution >= 0.6 is 0 Å². The standard InChI is InChI=1S/C20H25NO5/c1-3-4-9-26-16-8-7-14(25-2)11-15(16)21-19(22)17-12-5-6-13(10-12)18(17)20(23)24/h5-8,11-13,17-18H,3-4,9-10H2,1-2H3,(H,21,22)(H,23,24)/t12-,13-,17-,18+/m0/s1. The van der Waals surface area contributed by atoms with E-state index in [1.54, 1.807) is 25.3 Å². The number of carbonyl (C=O) groups is 2.